The molecule has 3 rings (SSSR count). The van der Waals surface area contributed by atoms with Gasteiger partial charge in [-0.05, 0) is 51.0 Å². The van der Waals surface area contributed by atoms with Crippen molar-refractivity contribution in [3.05, 3.63) is 45.2 Å². The molecule has 1 aliphatic rings. The van der Waals surface area contributed by atoms with E-state index < -0.39 is 23.4 Å². The van der Waals surface area contributed by atoms with Gasteiger partial charge in [-0.2, -0.15) is 13.2 Å². The summed E-state index contributed by atoms with van der Waals surface area (Å²) in [5.41, 5.74) is 0.103. The number of alkyl halides is 3. The zero-order chi connectivity index (χ0) is 21.7. The Bertz CT molecular complexity index is 985. The molecule has 0 fully saturated rings. The first kappa shape index (κ1) is 21.7. The van der Waals surface area contributed by atoms with Gasteiger partial charge in [0.25, 0.3) is 0 Å². The van der Waals surface area contributed by atoms with E-state index >= 15 is 0 Å². The maximum absolute atomic E-state index is 13.6. The number of nitrogens with zero attached hydrogens (tertiary/aromatic N) is 2. The largest absolute Gasteiger partial charge is 0.443 e. The molecule has 1 aromatic heterocycles. The van der Waals surface area contributed by atoms with E-state index in [1.54, 1.807) is 27.7 Å². The summed E-state index contributed by atoms with van der Waals surface area (Å²) in [5.74, 6) is 0. The van der Waals surface area contributed by atoms with Gasteiger partial charge in [0.1, 0.15) is 5.60 Å². The second-order valence-electron chi connectivity index (χ2n) is 7.66. The molecule has 1 amide bonds. The molecule has 0 N–H and O–H groups in total. The second-order valence-corrected chi connectivity index (χ2v) is 8.45. The van der Waals surface area contributed by atoms with E-state index in [4.69, 9.17) is 27.9 Å². The summed E-state index contributed by atoms with van der Waals surface area (Å²) < 4.78 is 46.3. The Morgan fingerprint density at radius 1 is 1.24 bits per heavy atom. The van der Waals surface area contributed by atoms with E-state index in [-0.39, 0.29) is 34.3 Å². The van der Waals surface area contributed by atoms with Gasteiger partial charge in [-0.3, -0.25) is 9.88 Å². The number of amides is 1. The topological polar surface area (TPSA) is 42.4 Å². The van der Waals surface area contributed by atoms with Crippen molar-refractivity contribution >= 4 is 35.0 Å². The highest BCUT2D eigenvalue weighted by Crippen LogP contribution is 2.48. The predicted octanol–water partition coefficient (Wildman–Crippen LogP) is 6.74. The molecule has 0 saturated heterocycles. The highest BCUT2D eigenvalue weighted by molar-refractivity contribution is 6.43. The maximum atomic E-state index is 13.6. The van der Waals surface area contributed by atoms with Gasteiger partial charge in [-0.15, -0.1) is 0 Å². The number of anilines is 1. The molecule has 0 radical (unpaired) electrons. The molecule has 156 valence electrons. The first-order chi connectivity index (χ1) is 13.3. The Hall–Kier alpha value is -1.99. The molecule has 0 aliphatic heterocycles. The molecule has 0 spiro atoms. The Labute approximate surface area is 176 Å². The Kier molecular flexibility index (Phi) is 5.51. The summed E-state index contributed by atoms with van der Waals surface area (Å²) in [6.07, 6.45) is -3.74. The minimum atomic E-state index is -4.61. The Morgan fingerprint density at radius 3 is 2.45 bits per heavy atom. The molecular weight excluding hydrogens is 428 g/mol. The van der Waals surface area contributed by atoms with Crippen LogP contribution in [0.4, 0.5) is 23.7 Å². The maximum Gasteiger partial charge on any atom is 0.416 e. The number of rotatable bonds is 2. The molecular formula is C20H19Cl2F3N2O2. The van der Waals surface area contributed by atoms with E-state index in [0.717, 1.165) is 12.1 Å². The molecule has 1 heterocycles. The van der Waals surface area contributed by atoms with Crippen LogP contribution >= 0.6 is 23.2 Å². The van der Waals surface area contributed by atoms with Crippen molar-refractivity contribution in [2.45, 2.75) is 45.9 Å². The van der Waals surface area contributed by atoms with Crippen LogP contribution in [-0.2, 0) is 17.3 Å². The zero-order valence-corrected chi connectivity index (χ0v) is 17.8. The number of pyridine rings is 1. The molecule has 1 aromatic carbocycles. The van der Waals surface area contributed by atoms with Gasteiger partial charge in [0.15, 0.2) is 0 Å². The predicted molar refractivity (Wildman–Crippen MR) is 107 cm³/mol. The number of hydrogen-bond acceptors (Lipinski definition) is 3. The van der Waals surface area contributed by atoms with E-state index in [9.17, 15) is 18.0 Å². The highest BCUT2D eigenvalue weighted by atomic mass is 35.5. The van der Waals surface area contributed by atoms with E-state index in [0.29, 0.717) is 16.8 Å². The van der Waals surface area contributed by atoms with Gasteiger partial charge in [0.05, 0.1) is 27.0 Å². The van der Waals surface area contributed by atoms with E-state index in [2.05, 4.69) is 4.98 Å². The average molecular weight is 447 g/mol. The van der Waals surface area contributed by atoms with Crippen molar-refractivity contribution in [3.8, 4) is 11.1 Å². The third-order valence-corrected chi connectivity index (χ3v) is 5.22. The van der Waals surface area contributed by atoms with Crippen LogP contribution in [0.1, 0.15) is 44.5 Å². The van der Waals surface area contributed by atoms with Crippen molar-refractivity contribution in [3.63, 3.8) is 0 Å². The van der Waals surface area contributed by atoms with Crippen molar-refractivity contribution in [1.82, 2.24) is 4.98 Å². The number of fused-ring (bicyclic) bond motifs is 3. The lowest BCUT2D eigenvalue weighted by Crippen LogP contribution is -2.37. The number of ether oxygens (including phenoxy) is 1. The summed E-state index contributed by atoms with van der Waals surface area (Å²) in [6, 6.07) is 1.99. The quantitative estimate of drug-likeness (QED) is 0.437. The standard InChI is InChI=1S/C20H19Cl2F3N2O2/c1-5-27(18(28)29-19(2,3)4)15-7-10(20(23,24)25)6-12-11(15)8-14-16(12)17(22)13(21)9-26-14/h6-7,9H,5,8H2,1-4H3. The van der Waals surface area contributed by atoms with Gasteiger partial charge in [-0.25, -0.2) is 4.79 Å². The van der Waals surface area contributed by atoms with Crippen LogP contribution in [0.3, 0.4) is 0 Å². The second kappa shape index (κ2) is 7.36. The van der Waals surface area contributed by atoms with Gasteiger partial charge in [0.2, 0.25) is 0 Å². The zero-order valence-electron chi connectivity index (χ0n) is 16.2. The number of aromatic nitrogens is 1. The smallest absolute Gasteiger partial charge is 0.416 e. The molecule has 0 atom stereocenters. The van der Waals surface area contributed by atoms with Gasteiger partial charge in [0, 0.05) is 24.7 Å². The van der Waals surface area contributed by atoms with E-state index in [1.807, 2.05) is 0 Å². The minimum Gasteiger partial charge on any atom is -0.443 e. The molecule has 0 saturated carbocycles. The van der Waals surface area contributed by atoms with Crippen LogP contribution < -0.4 is 4.90 Å². The summed E-state index contributed by atoms with van der Waals surface area (Å²) in [5, 5.41) is 0.290. The molecule has 4 nitrogen and oxygen atoms in total. The average Bonchev–Trinajstić information content (AvgIpc) is 2.95. The van der Waals surface area contributed by atoms with E-state index in [1.165, 1.54) is 11.1 Å². The molecule has 2 aromatic rings. The van der Waals surface area contributed by atoms with Crippen LogP contribution in [0.15, 0.2) is 18.3 Å². The molecule has 1 aliphatic carbocycles. The molecule has 0 bridgehead atoms. The third-order valence-electron chi connectivity index (χ3n) is 4.44. The number of halogens is 5. The number of hydrogen-bond donors (Lipinski definition) is 0. The van der Waals surface area contributed by atoms with Crippen LogP contribution in [0.2, 0.25) is 10.0 Å². The fourth-order valence-electron chi connectivity index (χ4n) is 3.26. The van der Waals surface area contributed by atoms with Crippen molar-refractivity contribution in [2.75, 3.05) is 11.4 Å². The first-order valence-electron chi connectivity index (χ1n) is 8.91. The summed E-state index contributed by atoms with van der Waals surface area (Å²) in [4.78, 5) is 18.1. The van der Waals surface area contributed by atoms with Crippen molar-refractivity contribution in [1.29, 1.82) is 0 Å². The van der Waals surface area contributed by atoms with Crippen LogP contribution in [0.25, 0.3) is 11.1 Å². The molecule has 9 heteroatoms. The Morgan fingerprint density at radius 2 is 1.90 bits per heavy atom. The number of benzene rings is 1. The summed E-state index contributed by atoms with van der Waals surface area (Å²) in [7, 11) is 0. The number of carbonyl (C=O) groups is 1. The van der Waals surface area contributed by atoms with Gasteiger partial charge < -0.3 is 4.74 Å². The third kappa shape index (κ3) is 4.16. The SMILES string of the molecule is CCN(C(=O)OC(C)(C)C)c1cc(C(F)(F)F)cc2c1Cc1ncc(Cl)c(Cl)c1-2. The minimum absolute atomic E-state index is 0.122. The lowest BCUT2D eigenvalue weighted by molar-refractivity contribution is -0.137. The lowest BCUT2D eigenvalue weighted by Gasteiger charge is -2.28. The van der Waals surface area contributed by atoms with Crippen molar-refractivity contribution in [2.24, 2.45) is 0 Å². The van der Waals surface area contributed by atoms with Crippen LogP contribution in [-0.4, -0.2) is 23.2 Å². The van der Waals surface area contributed by atoms with Gasteiger partial charge in [-0.1, -0.05) is 23.2 Å². The summed E-state index contributed by atoms with van der Waals surface area (Å²) >= 11 is 12.3. The lowest BCUT2D eigenvalue weighted by atomic mass is 10.00. The number of carbonyl (C=O) groups excluding carboxylic acids is 1. The van der Waals surface area contributed by atoms with Crippen molar-refractivity contribution < 1.29 is 22.7 Å². The van der Waals surface area contributed by atoms with Crippen LogP contribution in [0.5, 0.6) is 0 Å². The fourth-order valence-corrected chi connectivity index (χ4v) is 3.66. The molecule has 0 unspecified atom stereocenters. The van der Waals surface area contributed by atoms with Crippen LogP contribution in [0, 0.1) is 0 Å². The molecule has 29 heavy (non-hydrogen) atoms. The first-order valence-corrected chi connectivity index (χ1v) is 9.67. The monoisotopic (exact) mass is 446 g/mol. The summed E-state index contributed by atoms with van der Waals surface area (Å²) in [6.45, 7) is 6.87. The Balaban J connectivity index is 2.23. The highest BCUT2D eigenvalue weighted by Gasteiger charge is 2.37. The normalized spacial score (nSPS) is 13.1. The fraction of sp³-hybridized carbons (Fsp3) is 0.400. The van der Waals surface area contributed by atoms with Gasteiger partial charge >= 0.3 is 12.3 Å².